The number of aromatic amines is 1. The number of rotatable bonds is 5. The second-order valence-electron chi connectivity index (χ2n) is 10.8. The molecule has 2 aromatic carbocycles. The molecule has 4 nitrogen and oxygen atoms in total. The van der Waals surface area contributed by atoms with Crippen LogP contribution in [-0.4, -0.2) is 28.0 Å². The number of hydrogen-bond acceptors (Lipinski definition) is 3. The van der Waals surface area contributed by atoms with E-state index in [0.29, 0.717) is 17.8 Å². The van der Waals surface area contributed by atoms with E-state index in [-0.39, 0.29) is 0 Å². The Morgan fingerprint density at radius 1 is 1.03 bits per heavy atom. The van der Waals surface area contributed by atoms with Crippen molar-refractivity contribution in [2.24, 2.45) is 0 Å². The molecule has 0 spiro atoms. The van der Waals surface area contributed by atoms with Crippen molar-refractivity contribution in [3.05, 3.63) is 82.7 Å². The van der Waals surface area contributed by atoms with E-state index in [1.165, 1.54) is 59.3 Å². The number of nitrogens with one attached hydrogen (secondary N) is 1. The first-order valence-corrected chi connectivity index (χ1v) is 13.3. The zero-order valence-electron chi connectivity index (χ0n) is 20.7. The van der Waals surface area contributed by atoms with Crippen LogP contribution in [0.3, 0.4) is 0 Å². The Balaban J connectivity index is 1.22. The average molecular weight is 463 g/mol. The van der Waals surface area contributed by atoms with Crippen LogP contribution in [0.5, 0.6) is 0 Å². The Morgan fingerprint density at radius 2 is 1.80 bits per heavy atom. The van der Waals surface area contributed by atoms with Gasteiger partial charge in [-0.3, -0.25) is 0 Å². The van der Waals surface area contributed by atoms with Gasteiger partial charge in [0.05, 0.1) is 17.3 Å². The first-order chi connectivity index (χ1) is 17.1. The number of fused-ring (bicyclic) bond motifs is 1. The molecule has 1 atom stereocenters. The first kappa shape index (κ1) is 22.2. The Hall–Kier alpha value is -3.32. The van der Waals surface area contributed by atoms with Crippen LogP contribution in [0.2, 0.25) is 0 Å². The lowest BCUT2D eigenvalue weighted by molar-refractivity contribution is 0.299. The average Bonchev–Trinajstić information content (AvgIpc) is 3.66. The minimum atomic E-state index is 0.545. The van der Waals surface area contributed by atoms with Crippen LogP contribution in [-0.2, 0) is 6.42 Å². The second-order valence-corrected chi connectivity index (χ2v) is 10.8. The smallest absolute Gasteiger partial charge is 0.138 e. The van der Waals surface area contributed by atoms with Gasteiger partial charge < -0.3 is 9.88 Å². The quantitative estimate of drug-likeness (QED) is 0.439. The SMILES string of the molecule is C=C(c1ccc(C2CC2)c(-c2nc3c([nH]2)CCCC3C)c1)N1CCC(c2ccc(C#N)cc2)CC1. The van der Waals surface area contributed by atoms with Crippen LogP contribution in [0.1, 0.15) is 96.8 Å². The number of imidazole rings is 1. The highest BCUT2D eigenvalue weighted by atomic mass is 15.1. The van der Waals surface area contributed by atoms with Gasteiger partial charge in [0.1, 0.15) is 5.82 Å². The van der Waals surface area contributed by atoms with Crippen molar-refractivity contribution in [1.82, 2.24) is 14.9 Å². The van der Waals surface area contributed by atoms with E-state index in [2.05, 4.69) is 59.8 Å². The molecule has 1 unspecified atom stereocenters. The van der Waals surface area contributed by atoms with Gasteiger partial charge in [0.2, 0.25) is 0 Å². The van der Waals surface area contributed by atoms with Crippen LogP contribution >= 0.6 is 0 Å². The molecule has 3 aromatic rings. The topological polar surface area (TPSA) is 55.7 Å². The van der Waals surface area contributed by atoms with Gasteiger partial charge in [-0.25, -0.2) is 4.98 Å². The summed E-state index contributed by atoms with van der Waals surface area (Å²) >= 11 is 0. The van der Waals surface area contributed by atoms with E-state index < -0.39 is 0 Å². The highest BCUT2D eigenvalue weighted by Crippen LogP contribution is 2.45. The number of hydrogen-bond donors (Lipinski definition) is 1. The van der Waals surface area contributed by atoms with Gasteiger partial charge >= 0.3 is 0 Å². The van der Waals surface area contributed by atoms with E-state index in [1.54, 1.807) is 0 Å². The normalized spacial score (nSPS) is 20.3. The molecule has 4 heteroatoms. The summed E-state index contributed by atoms with van der Waals surface area (Å²) in [5.74, 6) is 2.83. The van der Waals surface area contributed by atoms with Crippen molar-refractivity contribution < 1.29 is 0 Å². The van der Waals surface area contributed by atoms with Crippen molar-refractivity contribution in [3.63, 3.8) is 0 Å². The summed E-state index contributed by atoms with van der Waals surface area (Å²) in [6.07, 6.45) is 8.40. The standard InChI is InChI=1S/C31H34N4/c1-20-4-3-5-29-30(20)34-31(33-29)28-18-26(12-13-27(28)25-10-11-25)21(2)35-16-14-24(15-17-35)23-8-6-22(19-32)7-9-23/h6-9,12-13,18,20,24-25H,2-5,10-11,14-17H2,1H3,(H,33,34). The third-order valence-electron chi connectivity index (χ3n) is 8.39. The maximum Gasteiger partial charge on any atom is 0.138 e. The molecule has 1 N–H and O–H groups in total. The Kier molecular flexibility index (Phi) is 5.72. The molecular weight excluding hydrogens is 428 g/mol. The molecule has 0 radical (unpaired) electrons. The Morgan fingerprint density at radius 3 is 2.49 bits per heavy atom. The number of nitrogens with zero attached hydrogens (tertiary/aromatic N) is 3. The van der Waals surface area contributed by atoms with Crippen LogP contribution in [0.25, 0.3) is 17.1 Å². The molecule has 178 valence electrons. The predicted octanol–water partition coefficient (Wildman–Crippen LogP) is 7.12. The van der Waals surface area contributed by atoms with Crippen LogP contribution < -0.4 is 0 Å². The summed E-state index contributed by atoms with van der Waals surface area (Å²) in [6, 6.07) is 17.3. The lowest BCUT2D eigenvalue weighted by Crippen LogP contribution is -2.31. The number of benzene rings is 2. The van der Waals surface area contributed by atoms with Crippen molar-refractivity contribution in [1.29, 1.82) is 5.26 Å². The highest BCUT2D eigenvalue weighted by Gasteiger charge is 2.30. The maximum absolute atomic E-state index is 9.07. The van der Waals surface area contributed by atoms with Crippen molar-refractivity contribution >= 4 is 5.70 Å². The number of aromatic nitrogens is 2. The Bertz CT molecular complexity index is 1280. The fourth-order valence-corrected chi connectivity index (χ4v) is 6.06. The summed E-state index contributed by atoms with van der Waals surface area (Å²) < 4.78 is 0. The monoisotopic (exact) mass is 462 g/mol. The number of nitriles is 1. The van der Waals surface area contributed by atoms with Crippen molar-refractivity contribution in [2.75, 3.05) is 13.1 Å². The van der Waals surface area contributed by atoms with Gasteiger partial charge in [-0.15, -0.1) is 0 Å². The number of aryl methyl sites for hydroxylation is 1. The fourth-order valence-electron chi connectivity index (χ4n) is 6.06. The number of piperidine rings is 1. The van der Waals surface area contributed by atoms with Gasteiger partial charge in [-0.05, 0) is 91.7 Å². The molecule has 1 aromatic heterocycles. The molecule has 35 heavy (non-hydrogen) atoms. The van der Waals surface area contributed by atoms with Crippen LogP contribution in [0.15, 0.2) is 49.0 Å². The third-order valence-corrected chi connectivity index (χ3v) is 8.39. The molecule has 2 fully saturated rings. The second kappa shape index (κ2) is 9.04. The zero-order chi connectivity index (χ0) is 23.9. The first-order valence-electron chi connectivity index (χ1n) is 13.3. The van der Waals surface area contributed by atoms with Crippen LogP contribution in [0.4, 0.5) is 0 Å². The predicted molar refractivity (Wildman–Crippen MR) is 141 cm³/mol. The van der Waals surface area contributed by atoms with Crippen LogP contribution in [0, 0.1) is 11.3 Å². The lowest BCUT2D eigenvalue weighted by Gasteiger charge is -2.35. The third kappa shape index (κ3) is 4.29. The Labute approximate surface area is 208 Å². The maximum atomic E-state index is 9.07. The number of H-pyrrole nitrogens is 1. The van der Waals surface area contributed by atoms with Gasteiger partial charge in [0.15, 0.2) is 0 Å². The highest BCUT2D eigenvalue weighted by molar-refractivity contribution is 5.72. The lowest BCUT2D eigenvalue weighted by atomic mass is 9.88. The van der Waals surface area contributed by atoms with E-state index in [9.17, 15) is 0 Å². The molecule has 2 aliphatic carbocycles. The van der Waals surface area contributed by atoms with Crippen molar-refractivity contribution in [3.8, 4) is 17.5 Å². The van der Waals surface area contributed by atoms with E-state index >= 15 is 0 Å². The largest absolute Gasteiger partial charge is 0.371 e. The molecule has 1 aliphatic heterocycles. The van der Waals surface area contributed by atoms with Gasteiger partial charge in [0.25, 0.3) is 0 Å². The molecule has 3 aliphatic rings. The van der Waals surface area contributed by atoms with Crippen molar-refractivity contribution in [2.45, 2.75) is 69.6 Å². The molecule has 2 heterocycles. The summed E-state index contributed by atoms with van der Waals surface area (Å²) in [5.41, 5.74) is 9.76. The molecule has 0 bridgehead atoms. The zero-order valence-corrected chi connectivity index (χ0v) is 20.7. The van der Waals surface area contributed by atoms with Gasteiger partial charge in [0, 0.05) is 36.0 Å². The summed E-state index contributed by atoms with van der Waals surface area (Å²) in [7, 11) is 0. The minimum Gasteiger partial charge on any atom is -0.371 e. The van der Waals surface area contributed by atoms with E-state index in [1.807, 2.05) is 12.1 Å². The molecule has 1 saturated heterocycles. The molecular formula is C31H34N4. The molecule has 1 saturated carbocycles. The van der Waals surface area contributed by atoms with Gasteiger partial charge in [-0.1, -0.05) is 37.8 Å². The molecule has 0 amide bonds. The summed E-state index contributed by atoms with van der Waals surface area (Å²) in [4.78, 5) is 11.3. The molecule has 6 rings (SSSR count). The van der Waals surface area contributed by atoms with E-state index in [4.69, 9.17) is 10.2 Å². The number of likely N-dealkylation sites (tertiary alicyclic amines) is 1. The summed E-state index contributed by atoms with van der Waals surface area (Å²) in [5, 5.41) is 9.07. The van der Waals surface area contributed by atoms with Gasteiger partial charge in [-0.2, -0.15) is 5.26 Å². The fraction of sp³-hybridized carbons (Fsp3) is 0.419. The van der Waals surface area contributed by atoms with E-state index in [0.717, 1.165) is 49.4 Å². The summed E-state index contributed by atoms with van der Waals surface area (Å²) in [6.45, 7) is 8.86. The minimum absolute atomic E-state index is 0.545.